The van der Waals surface area contributed by atoms with Gasteiger partial charge in [-0.05, 0) is 44.7 Å². The monoisotopic (exact) mass is 335 g/mol. The first-order valence-corrected chi connectivity index (χ1v) is 9.73. The lowest BCUT2D eigenvalue weighted by molar-refractivity contribution is -0.132. The molecule has 1 amide bonds. The van der Waals surface area contributed by atoms with E-state index in [1.807, 2.05) is 18.7 Å². The molecule has 0 spiro atoms. The van der Waals surface area contributed by atoms with Crippen molar-refractivity contribution in [3.63, 3.8) is 0 Å². The summed E-state index contributed by atoms with van der Waals surface area (Å²) in [5.74, 6) is 0.690. The molecule has 0 N–H and O–H groups in total. The van der Waals surface area contributed by atoms with Crippen molar-refractivity contribution in [1.82, 2.24) is 4.90 Å². The van der Waals surface area contributed by atoms with E-state index in [0.717, 1.165) is 22.8 Å². The van der Waals surface area contributed by atoms with Gasteiger partial charge in [-0.25, -0.2) is 8.42 Å². The van der Waals surface area contributed by atoms with Gasteiger partial charge in [0, 0.05) is 28.1 Å². The van der Waals surface area contributed by atoms with E-state index in [9.17, 15) is 13.2 Å². The number of hydrogen-bond donors (Lipinski definition) is 0. The Labute approximate surface area is 128 Å². The first-order valence-electron chi connectivity index (χ1n) is 6.60. The molecule has 0 aliphatic heterocycles. The lowest BCUT2D eigenvalue weighted by atomic mass is 10.2. The molecule has 0 saturated heterocycles. The van der Waals surface area contributed by atoms with Crippen LogP contribution >= 0.6 is 22.0 Å². The number of carbonyl (C=O) groups excluding carboxylic acids is 1. The SMILES string of the molecule is CC(C)N(CC1CC1)C(=O)Cc1ccc(S(=O)(=O)Cl)s1. The summed E-state index contributed by atoms with van der Waals surface area (Å²) in [4.78, 5) is 14.9. The van der Waals surface area contributed by atoms with Crippen LogP contribution in [-0.4, -0.2) is 31.8 Å². The average molecular weight is 336 g/mol. The zero-order valence-electron chi connectivity index (χ0n) is 11.5. The Morgan fingerprint density at radius 2 is 2.10 bits per heavy atom. The molecule has 7 heteroatoms. The molecule has 0 bridgehead atoms. The van der Waals surface area contributed by atoms with E-state index >= 15 is 0 Å². The molecule has 0 unspecified atom stereocenters. The first-order chi connectivity index (χ1) is 9.27. The summed E-state index contributed by atoms with van der Waals surface area (Å²) in [6.45, 7) is 4.81. The minimum Gasteiger partial charge on any atom is -0.340 e. The molecule has 1 aliphatic rings. The maximum Gasteiger partial charge on any atom is 0.270 e. The molecule has 4 nitrogen and oxygen atoms in total. The standard InChI is InChI=1S/C13H18ClNO3S2/c1-9(2)15(8-10-3-4-10)12(16)7-11-5-6-13(19-11)20(14,17)18/h5-6,9-10H,3-4,7-8H2,1-2H3. The second-order valence-electron chi connectivity index (χ2n) is 5.42. The Hall–Kier alpha value is -0.590. The normalized spacial score (nSPS) is 15.6. The van der Waals surface area contributed by atoms with E-state index in [2.05, 4.69) is 0 Å². The molecule has 1 heterocycles. The third-order valence-electron chi connectivity index (χ3n) is 3.30. The number of hydrogen-bond acceptors (Lipinski definition) is 4. The summed E-state index contributed by atoms with van der Waals surface area (Å²) in [5.41, 5.74) is 0. The highest BCUT2D eigenvalue weighted by molar-refractivity contribution is 8.15. The van der Waals surface area contributed by atoms with Crippen LogP contribution in [0.5, 0.6) is 0 Å². The highest BCUT2D eigenvalue weighted by Crippen LogP contribution is 2.31. The molecule has 1 aromatic heterocycles. The van der Waals surface area contributed by atoms with E-state index in [1.54, 1.807) is 6.07 Å². The highest BCUT2D eigenvalue weighted by Gasteiger charge is 2.28. The molecule has 2 rings (SSSR count). The van der Waals surface area contributed by atoms with E-state index in [1.165, 1.54) is 18.9 Å². The highest BCUT2D eigenvalue weighted by atomic mass is 35.7. The quantitative estimate of drug-likeness (QED) is 0.751. The minimum absolute atomic E-state index is 0.0484. The topological polar surface area (TPSA) is 54.5 Å². The molecular weight excluding hydrogens is 318 g/mol. The van der Waals surface area contributed by atoms with Gasteiger partial charge in [0.25, 0.3) is 9.05 Å². The Morgan fingerprint density at radius 3 is 2.55 bits per heavy atom. The van der Waals surface area contributed by atoms with Crippen molar-refractivity contribution >= 4 is 37.0 Å². The Kier molecular flexibility index (Phi) is 4.76. The van der Waals surface area contributed by atoms with Crippen LogP contribution in [0.2, 0.25) is 0 Å². The van der Waals surface area contributed by atoms with E-state index < -0.39 is 9.05 Å². The van der Waals surface area contributed by atoms with Gasteiger partial charge < -0.3 is 4.90 Å². The van der Waals surface area contributed by atoms with Crippen LogP contribution in [0.25, 0.3) is 0 Å². The van der Waals surface area contributed by atoms with Gasteiger partial charge in [-0.1, -0.05) is 0 Å². The summed E-state index contributed by atoms with van der Waals surface area (Å²) in [6.07, 6.45) is 2.64. The Bertz CT molecular complexity index is 591. The van der Waals surface area contributed by atoms with Crippen molar-refractivity contribution < 1.29 is 13.2 Å². The predicted octanol–water partition coefficient (Wildman–Crippen LogP) is 2.87. The fraction of sp³-hybridized carbons (Fsp3) is 0.615. The van der Waals surface area contributed by atoms with Crippen LogP contribution < -0.4 is 0 Å². The average Bonchev–Trinajstić information content (AvgIpc) is 3.02. The molecular formula is C13H18ClNO3S2. The fourth-order valence-electron chi connectivity index (χ4n) is 2.01. The van der Waals surface area contributed by atoms with Crippen LogP contribution in [-0.2, 0) is 20.3 Å². The van der Waals surface area contributed by atoms with Crippen molar-refractivity contribution in [2.24, 2.45) is 5.92 Å². The zero-order chi connectivity index (χ0) is 14.9. The summed E-state index contributed by atoms with van der Waals surface area (Å²) in [6, 6.07) is 3.28. The van der Waals surface area contributed by atoms with Crippen LogP contribution in [0.4, 0.5) is 0 Å². The van der Waals surface area contributed by atoms with Crippen LogP contribution in [0.1, 0.15) is 31.6 Å². The maximum absolute atomic E-state index is 12.3. The second kappa shape index (κ2) is 6.03. The third kappa shape index (κ3) is 4.20. The lowest BCUT2D eigenvalue weighted by Crippen LogP contribution is -2.39. The van der Waals surface area contributed by atoms with E-state index in [0.29, 0.717) is 5.92 Å². The fourth-order valence-corrected chi connectivity index (χ4v) is 4.13. The van der Waals surface area contributed by atoms with E-state index in [-0.39, 0.29) is 22.6 Å². The molecule has 1 fully saturated rings. The van der Waals surface area contributed by atoms with Gasteiger partial charge in [0.15, 0.2) is 0 Å². The molecule has 0 radical (unpaired) electrons. The van der Waals surface area contributed by atoms with Gasteiger partial charge in [0.2, 0.25) is 5.91 Å². The van der Waals surface area contributed by atoms with Gasteiger partial charge in [0.05, 0.1) is 6.42 Å². The van der Waals surface area contributed by atoms with Crippen molar-refractivity contribution in [3.8, 4) is 0 Å². The summed E-state index contributed by atoms with van der Waals surface area (Å²) in [5, 5.41) is 0. The first kappa shape index (κ1) is 15.8. The van der Waals surface area contributed by atoms with Gasteiger partial charge >= 0.3 is 0 Å². The molecule has 1 aliphatic carbocycles. The largest absolute Gasteiger partial charge is 0.340 e. The number of nitrogens with zero attached hydrogens (tertiary/aromatic N) is 1. The third-order valence-corrected chi connectivity index (χ3v) is 6.48. The molecule has 0 atom stereocenters. The van der Waals surface area contributed by atoms with Gasteiger partial charge in [-0.15, -0.1) is 11.3 Å². The number of thiophene rings is 1. The summed E-state index contributed by atoms with van der Waals surface area (Å²) in [7, 11) is 1.59. The second-order valence-corrected chi connectivity index (χ2v) is 9.38. The predicted molar refractivity (Wildman–Crippen MR) is 80.6 cm³/mol. The van der Waals surface area contributed by atoms with Crippen LogP contribution in [0.3, 0.4) is 0 Å². The van der Waals surface area contributed by atoms with Crippen molar-refractivity contribution in [1.29, 1.82) is 0 Å². The van der Waals surface area contributed by atoms with Gasteiger partial charge in [-0.3, -0.25) is 4.79 Å². The molecule has 0 aromatic carbocycles. The number of carbonyl (C=O) groups is 1. The number of halogens is 1. The van der Waals surface area contributed by atoms with Crippen LogP contribution in [0.15, 0.2) is 16.3 Å². The van der Waals surface area contributed by atoms with Crippen LogP contribution in [0, 0.1) is 5.92 Å². The lowest BCUT2D eigenvalue weighted by Gasteiger charge is -2.26. The maximum atomic E-state index is 12.3. The minimum atomic E-state index is -3.70. The van der Waals surface area contributed by atoms with E-state index in [4.69, 9.17) is 10.7 Å². The summed E-state index contributed by atoms with van der Waals surface area (Å²) < 4.78 is 22.5. The Balaban J connectivity index is 2.03. The molecule has 112 valence electrons. The molecule has 20 heavy (non-hydrogen) atoms. The molecule has 1 saturated carbocycles. The summed E-state index contributed by atoms with van der Waals surface area (Å²) >= 11 is 1.06. The number of rotatable bonds is 6. The zero-order valence-corrected chi connectivity index (χ0v) is 13.9. The number of amides is 1. The van der Waals surface area contributed by atoms with Gasteiger partial charge in [-0.2, -0.15) is 0 Å². The van der Waals surface area contributed by atoms with Crippen molar-refractivity contribution in [2.45, 2.75) is 43.4 Å². The van der Waals surface area contributed by atoms with Gasteiger partial charge in [0.1, 0.15) is 4.21 Å². The van der Waals surface area contributed by atoms with Crippen molar-refractivity contribution in [2.75, 3.05) is 6.54 Å². The molecule has 1 aromatic rings. The van der Waals surface area contributed by atoms with Crippen molar-refractivity contribution in [3.05, 3.63) is 17.0 Å². The Morgan fingerprint density at radius 1 is 1.45 bits per heavy atom. The smallest absolute Gasteiger partial charge is 0.270 e.